The second-order valence-corrected chi connectivity index (χ2v) is 7.43. The van der Waals surface area contributed by atoms with Gasteiger partial charge in [-0.2, -0.15) is 4.31 Å². The topological polar surface area (TPSA) is 78.5 Å². The number of nitrogens with one attached hydrogen (secondary N) is 2. The first-order chi connectivity index (χ1) is 10.5. The Morgan fingerprint density at radius 1 is 1.22 bits per heavy atom. The Hall–Kier alpha value is -1.15. The molecule has 0 radical (unpaired) electrons. The number of nitrogens with zero attached hydrogens (tertiary/aromatic N) is 1. The minimum Gasteiger partial charge on any atom is -0.355 e. The molecule has 1 heterocycles. The van der Waals surface area contributed by atoms with E-state index in [1.54, 1.807) is 37.4 Å². The molecule has 0 atom stereocenters. The first-order valence-electron chi connectivity index (χ1n) is 7.50. The van der Waals surface area contributed by atoms with Crippen LogP contribution in [-0.4, -0.2) is 51.9 Å². The highest BCUT2D eigenvalue weighted by Gasteiger charge is 2.29. The van der Waals surface area contributed by atoms with Gasteiger partial charge in [0, 0.05) is 19.6 Å². The van der Waals surface area contributed by atoms with Crippen molar-refractivity contribution in [2.45, 2.75) is 17.7 Å². The molecule has 1 fully saturated rings. The molecule has 1 aliphatic heterocycles. The van der Waals surface area contributed by atoms with Crippen LogP contribution in [0.3, 0.4) is 0 Å². The third kappa shape index (κ3) is 5.46. The Balaban J connectivity index is 0.00000264. The van der Waals surface area contributed by atoms with Gasteiger partial charge in [0.25, 0.3) is 0 Å². The van der Waals surface area contributed by atoms with E-state index >= 15 is 0 Å². The van der Waals surface area contributed by atoms with Crippen LogP contribution in [0.25, 0.3) is 0 Å². The molecule has 0 spiro atoms. The molecule has 0 unspecified atom stereocenters. The molecule has 1 saturated heterocycles. The maximum atomic E-state index is 12.5. The van der Waals surface area contributed by atoms with Crippen LogP contribution in [0.1, 0.15) is 12.8 Å². The van der Waals surface area contributed by atoms with Gasteiger partial charge in [-0.05, 0) is 37.9 Å². The Morgan fingerprint density at radius 3 is 2.39 bits per heavy atom. The van der Waals surface area contributed by atoms with Crippen LogP contribution in [-0.2, 0) is 14.8 Å². The number of rotatable bonds is 6. The fourth-order valence-corrected chi connectivity index (χ4v) is 4.07. The summed E-state index contributed by atoms with van der Waals surface area (Å²) in [5.74, 6) is 0.310. The number of likely N-dealkylation sites (N-methyl/N-ethyl adjacent to an activating group) is 1. The second-order valence-electron chi connectivity index (χ2n) is 5.49. The lowest BCUT2D eigenvalue weighted by Crippen LogP contribution is -2.42. The molecule has 2 rings (SSSR count). The fourth-order valence-electron chi connectivity index (χ4n) is 2.58. The monoisotopic (exact) mass is 361 g/mol. The van der Waals surface area contributed by atoms with Crippen LogP contribution in [0, 0.1) is 5.92 Å². The number of amides is 1. The second kappa shape index (κ2) is 9.22. The first kappa shape index (κ1) is 19.9. The Labute approximate surface area is 144 Å². The van der Waals surface area contributed by atoms with E-state index in [-0.39, 0.29) is 18.3 Å². The summed E-state index contributed by atoms with van der Waals surface area (Å²) >= 11 is 0. The van der Waals surface area contributed by atoms with Gasteiger partial charge in [0.05, 0.1) is 11.4 Å². The zero-order valence-corrected chi connectivity index (χ0v) is 14.8. The van der Waals surface area contributed by atoms with Gasteiger partial charge in [0.2, 0.25) is 15.9 Å². The van der Waals surface area contributed by atoms with Crippen molar-refractivity contribution >= 4 is 28.3 Å². The van der Waals surface area contributed by atoms with Crippen molar-refractivity contribution in [3.8, 4) is 0 Å². The van der Waals surface area contributed by atoms with Crippen LogP contribution < -0.4 is 10.6 Å². The van der Waals surface area contributed by atoms with Crippen molar-refractivity contribution in [3.63, 3.8) is 0 Å². The predicted octanol–water partition coefficient (Wildman–Crippen LogP) is 0.845. The van der Waals surface area contributed by atoms with Crippen LogP contribution in [0.4, 0.5) is 0 Å². The minimum atomic E-state index is -3.39. The minimum absolute atomic E-state index is 0. The summed E-state index contributed by atoms with van der Waals surface area (Å²) in [6.45, 7) is 1.93. The van der Waals surface area contributed by atoms with E-state index in [1.807, 2.05) is 0 Å². The molecule has 0 bridgehead atoms. The Morgan fingerprint density at radius 2 is 1.83 bits per heavy atom. The van der Waals surface area contributed by atoms with E-state index in [2.05, 4.69) is 10.6 Å². The SMILES string of the molecule is CNCC(=O)NCC1CCN(S(=O)(=O)c2ccccc2)CC1.Cl. The van der Waals surface area contributed by atoms with Gasteiger partial charge in [-0.15, -0.1) is 12.4 Å². The van der Waals surface area contributed by atoms with Gasteiger partial charge in [-0.1, -0.05) is 18.2 Å². The van der Waals surface area contributed by atoms with Crippen molar-refractivity contribution in [1.29, 1.82) is 0 Å². The molecule has 1 aromatic carbocycles. The molecule has 1 aromatic rings. The maximum Gasteiger partial charge on any atom is 0.243 e. The zero-order valence-electron chi connectivity index (χ0n) is 13.2. The van der Waals surface area contributed by atoms with Gasteiger partial charge in [-0.25, -0.2) is 8.42 Å². The molecule has 8 heteroatoms. The van der Waals surface area contributed by atoms with E-state index in [0.717, 1.165) is 12.8 Å². The molecule has 23 heavy (non-hydrogen) atoms. The molecule has 0 saturated carbocycles. The Bertz CT molecular complexity index is 587. The van der Waals surface area contributed by atoms with Crippen molar-refractivity contribution in [2.24, 2.45) is 5.92 Å². The first-order valence-corrected chi connectivity index (χ1v) is 8.94. The average molecular weight is 362 g/mol. The van der Waals surface area contributed by atoms with Gasteiger partial charge >= 0.3 is 0 Å². The van der Waals surface area contributed by atoms with E-state index < -0.39 is 10.0 Å². The number of piperidine rings is 1. The third-order valence-corrected chi connectivity index (χ3v) is 5.79. The van der Waals surface area contributed by atoms with E-state index in [4.69, 9.17) is 0 Å². The molecule has 0 aliphatic carbocycles. The number of carbonyl (C=O) groups is 1. The van der Waals surface area contributed by atoms with Crippen LogP contribution in [0.2, 0.25) is 0 Å². The van der Waals surface area contributed by atoms with Gasteiger partial charge in [0.15, 0.2) is 0 Å². The van der Waals surface area contributed by atoms with Crippen molar-refractivity contribution in [2.75, 3.05) is 33.2 Å². The molecular weight excluding hydrogens is 338 g/mol. The van der Waals surface area contributed by atoms with E-state index in [1.165, 1.54) is 4.31 Å². The maximum absolute atomic E-state index is 12.5. The standard InChI is InChI=1S/C15H23N3O3S.ClH/c1-16-12-15(19)17-11-13-7-9-18(10-8-13)22(20,21)14-5-3-2-4-6-14;/h2-6,13,16H,7-12H2,1H3,(H,17,19);1H. The van der Waals surface area contributed by atoms with Crippen LogP contribution >= 0.6 is 12.4 Å². The number of benzene rings is 1. The largest absolute Gasteiger partial charge is 0.355 e. The summed E-state index contributed by atoms with van der Waals surface area (Å²) in [6, 6.07) is 8.52. The van der Waals surface area contributed by atoms with Gasteiger partial charge < -0.3 is 10.6 Å². The molecular formula is C15H24ClN3O3S. The summed E-state index contributed by atoms with van der Waals surface area (Å²) in [6.07, 6.45) is 1.54. The lowest BCUT2D eigenvalue weighted by Gasteiger charge is -2.31. The summed E-state index contributed by atoms with van der Waals surface area (Å²) in [7, 11) is -1.66. The molecule has 130 valence electrons. The van der Waals surface area contributed by atoms with Gasteiger partial charge in [0.1, 0.15) is 0 Å². The molecule has 2 N–H and O–H groups in total. The predicted molar refractivity (Wildman–Crippen MR) is 92.1 cm³/mol. The van der Waals surface area contributed by atoms with Crippen molar-refractivity contribution < 1.29 is 13.2 Å². The summed E-state index contributed by atoms with van der Waals surface area (Å²) < 4.78 is 26.5. The average Bonchev–Trinajstić information content (AvgIpc) is 2.54. The fraction of sp³-hybridized carbons (Fsp3) is 0.533. The number of halogens is 1. The molecule has 6 nitrogen and oxygen atoms in total. The third-order valence-electron chi connectivity index (χ3n) is 3.88. The van der Waals surface area contributed by atoms with E-state index in [9.17, 15) is 13.2 Å². The number of sulfonamides is 1. The molecule has 0 aromatic heterocycles. The highest BCUT2D eigenvalue weighted by Crippen LogP contribution is 2.23. The molecule has 1 amide bonds. The lowest BCUT2D eigenvalue weighted by atomic mass is 9.98. The van der Waals surface area contributed by atoms with Crippen LogP contribution in [0.5, 0.6) is 0 Å². The molecule has 1 aliphatic rings. The smallest absolute Gasteiger partial charge is 0.243 e. The van der Waals surface area contributed by atoms with Gasteiger partial charge in [-0.3, -0.25) is 4.79 Å². The highest BCUT2D eigenvalue weighted by atomic mass is 35.5. The quantitative estimate of drug-likeness (QED) is 0.787. The zero-order chi connectivity index (χ0) is 16.0. The number of hydrogen-bond acceptors (Lipinski definition) is 4. The lowest BCUT2D eigenvalue weighted by molar-refractivity contribution is -0.120. The van der Waals surface area contributed by atoms with E-state index in [0.29, 0.717) is 37.0 Å². The number of hydrogen-bond donors (Lipinski definition) is 2. The number of carbonyl (C=O) groups excluding carboxylic acids is 1. The normalized spacial score (nSPS) is 16.6. The summed E-state index contributed by atoms with van der Waals surface area (Å²) in [5, 5.41) is 5.67. The van der Waals surface area contributed by atoms with Crippen molar-refractivity contribution in [1.82, 2.24) is 14.9 Å². The summed E-state index contributed by atoms with van der Waals surface area (Å²) in [4.78, 5) is 11.8. The van der Waals surface area contributed by atoms with Crippen LogP contribution in [0.15, 0.2) is 35.2 Å². The Kier molecular flexibility index (Phi) is 7.98. The highest BCUT2D eigenvalue weighted by molar-refractivity contribution is 7.89. The van der Waals surface area contributed by atoms with Crippen molar-refractivity contribution in [3.05, 3.63) is 30.3 Å². The summed E-state index contributed by atoms with van der Waals surface area (Å²) in [5.41, 5.74) is 0.